The molecule has 4 aliphatic rings. The van der Waals surface area contributed by atoms with Crippen molar-refractivity contribution in [1.29, 1.82) is 0 Å². The van der Waals surface area contributed by atoms with E-state index in [2.05, 4.69) is 12.2 Å². The minimum Gasteiger partial charge on any atom is -0.295 e. The standard InChI is InChI=1S/C13H12O2/c14-8-3-4-9(15)13-11-7-2-1-6(5-7)10(11)12(8)13/h1-4,6-7,10-13H,5H2/t6-,7+,10+,11-,12-,13+. The molecule has 76 valence electrons. The average molecular weight is 200 g/mol. The molecule has 0 unspecified atom stereocenters. The van der Waals surface area contributed by atoms with E-state index < -0.39 is 0 Å². The minimum atomic E-state index is 0.0347. The van der Waals surface area contributed by atoms with Crippen LogP contribution >= 0.6 is 0 Å². The summed E-state index contributed by atoms with van der Waals surface area (Å²) in [6.07, 6.45) is 8.70. The molecule has 4 aliphatic carbocycles. The van der Waals surface area contributed by atoms with Gasteiger partial charge >= 0.3 is 0 Å². The highest BCUT2D eigenvalue weighted by molar-refractivity contribution is 6.09. The van der Waals surface area contributed by atoms with Gasteiger partial charge in [-0.2, -0.15) is 0 Å². The van der Waals surface area contributed by atoms with Gasteiger partial charge in [0.25, 0.3) is 0 Å². The fourth-order valence-electron chi connectivity index (χ4n) is 4.36. The summed E-state index contributed by atoms with van der Waals surface area (Å²) < 4.78 is 0. The zero-order valence-electron chi connectivity index (χ0n) is 8.30. The molecular weight excluding hydrogens is 188 g/mol. The number of ketones is 2. The van der Waals surface area contributed by atoms with Crippen molar-refractivity contribution in [3.63, 3.8) is 0 Å². The maximum Gasteiger partial charge on any atom is 0.159 e. The van der Waals surface area contributed by atoms with E-state index in [1.54, 1.807) is 0 Å². The number of hydrogen-bond donors (Lipinski definition) is 0. The number of carbonyl (C=O) groups is 2. The van der Waals surface area contributed by atoms with Crippen molar-refractivity contribution in [2.45, 2.75) is 6.42 Å². The summed E-state index contributed by atoms with van der Waals surface area (Å²) in [5.41, 5.74) is 0. The molecule has 0 aromatic heterocycles. The highest BCUT2D eigenvalue weighted by Crippen LogP contribution is 2.64. The number of fused-ring (bicyclic) bond motifs is 8. The Balaban J connectivity index is 1.80. The van der Waals surface area contributed by atoms with E-state index in [4.69, 9.17) is 0 Å². The Morgan fingerprint density at radius 2 is 1.33 bits per heavy atom. The zero-order chi connectivity index (χ0) is 10.2. The SMILES string of the molecule is O=C1C=CC(=O)[C@H]2[C@@H]1[C@H]1[C@@H]2[C@@H]2C=C[C@H]1C2. The molecule has 0 aromatic rings. The van der Waals surface area contributed by atoms with Gasteiger partial charge in [-0.25, -0.2) is 0 Å². The molecule has 0 heterocycles. The number of carbonyl (C=O) groups excluding carboxylic acids is 2. The molecule has 0 N–H and O–H groups in total. The molecule has 0 spiro atoms. The molecule has 0 saturated heterocycles. The molecule has 6 atom stereocenters. The third kappa shape index (κ3) is 0.747. The lowest BCUT2D eigenvalue weighted by Crippen LogP contribution is -2.56. The second kappa shape index (κ2) is 2.31. The number of rotatable bonds is 0. The van der Waals surface area contributed by atoms with Crippen LogP contribution in [0.2, 0.25) is 0 Å². The first kappa shape index (κ1) is 8.03. The van der Waals surface area contributed by atoms with Gasteiger partial charge in [-0.05, 0) is 42.2 Å². The Bertz CT molecular complexity index is 394. The minimum absolute atomic E-state index is 0.0347. The van der Waals surface area contributed by atoms with E-state index in [1.807, 2.05) is 0 Å². The summed E-state index contributed by atoms with van der Waals surface area (Å²) in [7, 11) is 0. The smallest absolute Gasteiger partial charge is 0.159 e. The third-order valence-electron chi connectivity index (χ3n) is 4.87. The number of hydrogen-bond acceptors (Lipinski definition) is 2. The van der Waals surface area contributed by atoms with Crippen molar-refractivity contribution in [2.75, 3.05) is 0 Å². The molecule has 0 radical (unpaired) electrons. The van der Waals surface area contributed by atoms with Crippen molar-refractivity contribution < 1.29 is 9.59 Å². The van der Waals surface area contributed by atoms with Crippen molar-refractivity contribution >= 4 is 11.6 Å². The predicted molar refractivity (Wildman–Crippen MR) is 53.9 cm³/mol. The first-order chi connectivity index (χ1) is 7.27. The van der Waals surface area contributed by atoms with Crippen molar-refractivity contribution in [3.8, 4) is 0 Å². The van der Waals surface area contributed by atoms with Gasteiger partial charge < -0.3 is 0 Å². The normalized spacial score (nSPS) is 54.1. The fourth-order valence-corrected chi connectivity index (χ4v) is 4.36. The Morgan fingerprint density at radius 3 is 1.80 bits per heavy atom. The van der Waals surface area contributed by atoms with E-state index in [0.29, 0.717) is 23.7 Å². The molecule has 2 saturated carbocycles. The van der Waals surface area contributed by atoms with E-state index in [-0.39, 0.29) is 23.4 Å². The average Bonchev–Trinajstić information content (AvgIpc) is 2.70. The lowest BCUT2D eigenvalue weighted by Gasteiger charge is -2.52. The van der Waals surface area contributed by atoms with Crippen LogP contribution in [0.25, 0.3) is 0 Å². The molecule has 0 aliphatic heterocycles. The van der Waals surface area contributed by atoms with Crippen LogP contribution in [0.1, 0.15) is 6.42 Å². The highest BCUT2D eigenvalue weighted by Gasteiger charge is 2.65. The van der Waals surface area contributed by atoms with Crippen LogP contribution in [0.5, 0.6) is 0 Å². The lowest BCUT2D eigenvalue weighted by molar-refractivity contribution is -0.148. The van der Waals surface area contributed by atoms with Crippen molar-refractivity contribution in [2.24, 2.45) is 35.5 Å². The monoisotopic (exact) mass is 200 g/mol. The largest absolute Gasteiger partial charge is 0.295 e. The molecule has 0 amide bonds. The Hall–Kier alpha value is -1.18. The maximum atomic E-state index is 11.8. The van der Waals surface area contributed by atoms with Crippen LogP contribution < -0.4 is 0 Å². The van der Waals surface area contributed by atoms with Crippen molar-refractivity contribution in [3.05, 3.63) is 24.3 Å². The Labute approximate surface area is 88.0 Å². The Kier molecular flexibility index (Phi) is 1.24. The molecule has 4 rings (SSSR count). The summed E-state index contributed by atoms with van der Waals surface area (Å²) in [5, 5.41) is 0. The van der Waals surface area contributed by atoms with Crippen LogP contribution in [0, 0.1) is 35.5 Å². The first-order valence-electron chi connectivity index (χ1n) is 5.71. The van der Waals surface area contributed by atoms with Crippen LogP contribution in [0.4, 0.5) is 0 Å². The fraction of sp³-hybridized carbons (Fsp3) is 0.538. The van der Waals surface area contributed by atoms with Crippen LogP contribution in [-0.4, -0.2) is 11.6 Å². The molecule has 2 bridgehead atoms. The van der Waals surface area contributed by atoms with Crippen LogP contribution in [0.3, 0.4) is 0 Å². The zero-order valence-corrected chi connectivity index (χ0v) is 8.30. The third-order valence-corrected chi connectivity index (χ3v) is 4.87. The van der Waals surface area contributed by atoms with Gasteiger partial charge in [-0.15, -0.1) is 0 Å². The molecule has 2 heteroatoms. The molecular formula is C13H12O2. The maximum absolute atomic E-state index is 11.8. The van der Waals surface area contributed by atoms with Crippen LogP contribution in [-0.2, 0) is 9.59 Å². The van der Waals surface area contributed by atoms with E-state index in [0.717, 1.165) is 0 Å². The van der Waals surface area contributed by atoms with Gasteiger partial charge in [0.1, 0.15) is 0 Å². The van der Waals surface area contributed by atoms with Gasteiger partial charge in [0, 0.05) is 11.8 Å². The summed E-state index contributed by atoms with van der Waals surface area (Å²) >= 11 is 0. The summed E-state index contributed by atoms with van der Waals surface area (Å²) in [6, 6.07) is 0. The summed E-state index contributed by atoms with van der Waals surface area (Å²) in [4.78, 5) is 23.5. The van der Waals surface area contributed by atoms with Gasteiger partial charge in [0.2, 0.25) is 0 Å². The highest BCUT2D eigenvalue weighted by atomic mass is 16.1. The molecule has 2 fully saturated rings. The van der Waals surface area contributed by atoms with E-state index in [1.165, 1.54) is 18.6 Å². The first-order valence-corrected chi connectivity index (χ1v) is 5.71. The molecule has 15 heavy (non-hydrogen) atoms. The predicted octanol–water partition coefficient (Wildman–Crippen LogP) is 1.38. The van der Waals surface area contributed by atoms with Gasteiger partial charge in [0.15, 0.2) is 11.6 Å². The topological polar surface area (TPSA) is 34.1 Å². The second-order valence-electron chi connectivity index (χ2n) is 5.29. The lowest BCUT2D eigenvalue weighted by atomic mass is 9.49. The van der Waals surface area contributed by atoms with E-state index in [9.17, 15) is 9.59 Å². The van der Waals surface area contributed by atoms with Gasteiger partial charge in [0.05, 0.1) is 0 Å². The number of allylic oxidation sites excluding steroid dienone is 4. The Morgan fingerprint density at radius 1 is 0.867 bits per heavy atom. The quantitative estimate of drug-likeness (QED) is 0.553. The van der Waals surface area contributed by atoms with Gasteiger partial charge in [-0.3, -0.25) is 9.59 Å². The van der Waals surface area contributed by atoms with E-state index >= 15 is 0 Å². The summed E-state index contributed by atoms with van der Waals surface area (Å²) in [5.74, 6) is 2.62. The second-order valence-corrected chi connectivity index (χ2v) is 5.29. The summed E-state index contributed by atoms with van der Waals surface area (Å²) in [6.45, 7) is 0. The van der Waals surface area contributed by atoms with Gasteiger partial charge in [-0.1, -0.05) is 12.2 Å². The molecule has 2 nitrogen and oxygen atoms in total. The van der Waals surface area contributed by atoms with Crippen LogP contribution in [0.15, 0.2) is 24.3 Å². The van der Waals surface area contributed by atoms with Crippen molar-refractivity contribution in [1.82, 2.24) is 0 Å². The molecule has 0 aromatic carbocycles.